The van der Waals surface area contributed by atoms with Gasteiger partial charge in [-0.25, -0.2) is 9.97 Å². The first kappa shape index (κ1) is 8.56. The molecule has 3 aromatic rings. The van der Waals surface area contributed by atoms with Crippen molar-refractivity contribution in [2.75, 3.05) is 0 Å². The quantitative estimate of drug-likeness (QED) is 0.618. The van der Waals surface area contributed by atoms with Crippen molar-refractivity contribution in [3.8, 4) is 10.6 Å². The topological polar surface area (TPSA) is 25.8 Å². The third kappa shape index (κ3) is 1.41. The molecule has 0 aliphatic rings. The standard InChI is InChI=1S/C12H8N2S/c1-2-4-10-9(3-1)7-15-12(10)11-5-6-13-8-14-11/h1-8H. The molecule has 0 amide bonds. The highest BCUT2D eigenvalue weighted by Gasteiger charge is 2.05. The van der Waals surface area contributed by atoms with E-state index >= 15 is 0 Å². The summed E-state index contributed by atoms with van der Waals surface area (Å²) in [5, 5.41) is 4.70. The molecule has 0 atom stereocenters. The fourth-order valence-electron chi connectivity index (χ4n) is 1.62. The number of hydrogen-bond donors (Lipinski definition) is 0. The van der Waals surface area contributed by atoms with E-state index in [2.05, 4.69) is 39.6 Å². The van der Waals surface area contributed by atoms with Crippen molar-refractivity contribution in [2.24, 2.45) is 0 Å². The van der Waals surface area contributed by atoms with Crippen LogP contribution >= 0.6 is 11.3 Å². The van der Waals surface area contributed by atoms with Crippen LogP contribution < -0.4 is 0 Å². The molecule has 0 aliphatic heterocycles. The van der Waals surface area contributed by atoms with Crippen molar-refractivity contribution in [3.63, 3.8) is 0 Å². The van der Waals surface area contributed by atoms with E-state index in [1.165, 1.54) is 15.6 Å². The Hall–Kier alpha value is -1.74. The monoisotopic (exact) mass is 212 g/mol. The summed E-state index contributed by atoms with van der Waals surface area (Å²) >= 11 is 1.73. The number of thiophene rings is 1. The highest BCUT2D eigenvalue weighted by Crippen LogP contribution is 2.32. The largest absolute Gasteiger partial charge is 0.245 e. The summed E-state index contributed by atoms with van der Waals surface area (Å²) in [5.41, 5.74) is 0.996. The summed E-state index contributed by atoms with van der Waals surface area (Å²) in [6.45, 7) is 0. The second kappa shape index (κ2) is 3.44. The summed E-state index contributed by atoms with van der Waals surface area (Å²) in [4.78, 5) is 9.42. The molecule has 0 saturated heterocycles. The second-order valence-electron chi connectivity index (χ2n) is 3.25. The minimum atomic E-state index is 0.996. The van der Waals surface area contributed by atoms with Crippen LogP contribution in [0.2, 0.25) is 0 Å². The fraction of sp³-hybridized carbons (Fsp3) is 0. The van der Waals surface area contributed by atoms with Crippen molar-refractivity contribution in [2.45, 2.75) is 0 Å². The molecule has 1 aromatic carbocycles. The average molecular weight is 212 g/mol. The van der Waals surface area contributed by atoms with Crippen LogP contribution in [0, 0.1) is 0 Å². The molecule has 0 fully saturated rings. The molecular weight excluding hydrogens is 204 g/mol. The lowest BCUT2D eigenvalue weighted by atomic mass is 10.1. The summed E-state index contributed by atoms with van der Waals surface area (Å²) in [6.07, 6.45) is 3.36. The van der Waals surface area contributed by atoms with Crippen molar-refractivity contribution in [1.82, 2.24) is 9.97 Å². The third-order valence-corrected chi connectivity index (χ3v) is 3.36. The van der Waals surface area contributed by atoms with E-state index in [4.69, 9.17) is 0 Å². The Morgan fingerprint density at radius 2 is 2.00 bits per heavy atom. The third-order valence-electron chi connectivity index (χ3n) is 2.32. The van der Waals surface area contributed by atoms with E-state index in [9.17, 15) is 0 Å². The van der Waals surface area contributed by atoms with Gasteiger partial charge in [-0.1, -0.05) is 24.3 Å². The Bertz CT molecular complexity index is 587. The highest BCUT2D eigenvalue weighted by molar-refractivity contribution is 7.15. The lowest BCUT2D eigenvalue weighted by Crippen LogP contribution is -1.80. The number of fused-ring (bicyclic) bond motifs is 1. The summed E-state index contributed by atoms with van der Waals surface area (Å²) in [7, 11) is 0. The molecule has 0 N–H and O–H groups in total. The van der Waals surface area contributed by atoms with Crippen LogP contribution in [-0.4, -0.2) is 9.97 Å². The van der Waals surface area contributed by atoms with Crippen molar-refractivity contribution < 1.29 is 0 Å². The van der Waals surface area contributed by atoms with Gasteiger partial charge >= 0.3 is 0 Å². The van der Waals surface area contributed by atoms with E-state index in [0.29, 0.717) is 0 Å². The van der Waals surface area contributed by atoms with Crippen LogP contribution in [0.4, 0.5) is 0 Å². The number of benzene rings is 1. The first-order valence-corrected chi connectivity index (χ1v) is 5.56. The number of hydrogen-bond acceptors (Lipinski definition) is 3. The highest BCUT2D eigenvalue weighted by atomic mass is 32.1. The van der Waals surface area contributed by atoms with E-state index in [1.807, 2.05) is 6.07 Å². The van der Waals surface area contributed by atoms with Crippen LogP contribution in [0.25, 0.3) is 21.3 Å². The van der Waals surface area contributed by atoms with E-state index < -0.39 is 0 Å². The van der Waals surface area contributed by atoms with E-state index in [1.54, 1.807) is 23.9 Å². The molecule has 3 heteroatoms. The predicted octanol–water partition coefficient (Wildman–Crippen LogP) is 3.36. The SMILES string of the molecule is c1ccc2c(-c3ccncn3)scc2c1. The maximum Gasteiger partial charge on any atom is 0.116 e. The Labute approximate surface area is 91.2 Å². The normalized spacial score (nSPS) is 10.7. The lowest BCUT2D eigenvalue weighted by molar-refractivity contribution is 1.18. The molecule has 0 saturated carbocycles. The molecule has 2 heterocycles. The van der Waals surface area contributed by atoms with Crippen molar-refractivity contribution in [1.29, 1.82) is 0 Å². The van der Waals surface area contributed by atoms with Gasteiger partial charge in [0.1, 0.15) is 6.33 Å². The van der Waals surface area contributed by atoms with Gasteiger partial charge in [0.15, 0.2) is 0 Å². The molecule has 72 valence electrons. The van der Waals surface area contributed by atoms with Gasteiger partial charge in [-0.2, -0.15) is 0 Å². The molecule has 15 heavy (non-hydrogen) atoms. The molecule has 0 spiro atoms. The van der Waals surface area contributed by atoms with Gasteiger partial charge in [-0.05, 0) is 16.8 Å². The van der Waals surface area contributed by atoms with Gasteiger partial charge in [-0.15, -0.1) is 11.3 Å². The van der Waals surface area contributed by atoms with Crippen LogP contribution in [0.5, 0.6) is 0 Å². The second-order valence-corrected chi connectivity index (χ2v) is 4.13. The minimum Gasteiger partial charge on any atom is -0.245 e. The van der Waals surface area contributed by atoms with E-state index in [-0.39, 0.29) is 0 Å². The van der Waals surface area contributed by atoms with Crippen LogP contribution in [0.15, 0.2) is 48.2 Å². The Kier molecular flexibility index (Phi) is 1.96. The predicted molar refractivity (Wildman–Crippen MR) is 62.9 cm³/mol. The first-order chi connectivity index (χ1) is 7.45. The smallest absolute Gasteiger partial charge is 0.116 e. The molecule has 0 aliphatic carbocycles. The van der Waals surface area contributed by atoms with Crippen LogP contribution in [0.1, 0.15) is 0 Å². The molecular formula is C12H8N2S. The molecule has 0 radical (unpaired) electrons. The molecule has 2 nitrogen and oxygen atoms in total. The van der Waals surface area contributed by atoms with Crippen molar-refractivity contribution >= 4 is 22.1 Å². The Balaban J connectivity index is 2.28. The zero-order chi connectivity index (χ0) is 10.1. The fourth-order valence-corrected chi connectivity index (χ4v) is 2.62. The maximum atomic E-state index is 4.27. The summed E-state index contributed by atoms with van der Waals surface area (Å²) < 4.78 is 0. The zero-order valence-electron chi connectivity index (χ0n) is 7.92. The van der Waals surface area contributed by atoms with Gasteiger partial charge in [0.05, 0.1) is 10.6 Å². The number of aromatic nitrogens is 2. The number of nitrogens with zero attached hydrogens (tertiary/aromatic N) is 2. The summed E-state index contributed by atoms with van der Waals surface area (Å²) in [5.74, 6) is 0. The number of rotatable bonds is 1. The first-order valence-electron chi connectivity index (χ1n) is 4.68. The van der Waals surface area contributed by atoms with Crippen molar-refractivity contribution in [3.05, 3.63) is 48.2 Å². The van der Waals surface area contributed by atoms with E-state index in [0.717, 1.165) is 5.69 Å². The lowest BCUT2D eigenvalue weighted by Gasteiger charge is -1.96. The minimum absolute atomic E-state index is 0.996. The zero-order valence-corrected chi connectivity index (χ0v) is 8.74. The van der Waals surface area contributed by atoms with Gasteiger partial charge < -0.3 is 0 Å². The van der Waals surface area contributed by atoms with Gasteiger partial charge in [0.2, 0.25) is 0 Å². The molecule has 2 aromatic heterocycles. The van der Waals surface area contributed by atoms with Crippen LogP contribution in [0.3, 0.4) is 0 Å². The molecule has 0 unspecified atom stereocenters. The van der Waals surface area contributed by atoms with Gasteiger partial charge in [-0.3, -0.25) is 0 Å². The van der Waals surface area contributed by atoms with Crippen LogP contribution in [-0.2, 0) is 0 Å². The summed E-state index contributed by atoms with van der Waals surface area (Å²) in [6, 6.07) is 10.3. The Morgan fingerprint density at radius 1 is 1.07 bits per heavy atom. The Morgan fingerprint density at radius 3 is 2.87 bits per heavy atom. The average Bonchev–Trinajstić information content (AvgIpc) is 2.74. The molecule has 0 bridgehead atoms. The van der Waals surface area contributed by atoms with Gasteiger partial charge in [0, 0.05) is 11.6 Å². The molecule has 3 rings (SSSR count). The van der Waals surface area contributed by atoms with Gasteiger partial charge in [0.25, 0.3) is 0 Å². The maximum absolute atomic E-state index is 4.27.